The van der Waals surface area contributed by atoms with Crippen LogP contribution in [0.1, 0.15) is 92.9 Å². The molecule has 1 N–H and O–H groups in total. The van der Waals surface area contributed by atoms with Gasteiger partial charge in [-0.15, -0.1) is 0 Å². The van der Waals surface area contributed by atoms with Crippen LogP contribution in [0.15, 0.2) is 35.5 Å². The highest BCUT2D eigenvalue weighted by atomic mass is 16.3. The Morgan fingerprint density at radius 2 is 1.87 bits per heavy atom. The monoisotopic (exact) mass is 410 g/mol. The lowest BCUT2D eigenvalue weighted by Crippen LogP contribution is -2.44. The van der Waals surface area contributed by atoms with Crippen LogP contribution in [-0.2, 0) is 0 Å². The summed E-state index contributed by atoms with van der Waals surface area (Å²) in [6, 6.07) is 0. The summed E-state index contributed by atoms with van der Waals surface area (Å²) < 4.78 is 0. The van der Waals surface area contributed by atoms with E-state index in [1.165, 1.54) is 38.5 Å². The first-order valence-electron chi connectivity index (χ1n) is 13.0. The molecule has 0 radical (unpaired) electrons. The predicted octanol–water partition coefficient (Wildman–Crippen LogP) is 7.72. The van der Waals surface area contributed by atoms with E-state index in [1.807, 2.05) is 0 Å². The van der Waals surface area contributed by atoms with Crippen molar-refractivity contribution in [3.05, 3.63) is 35.5 Å². The third kappa shape index (κ3) is 3.58. The summed E-state index contributed by atoms with van der Waals surface area (Å²) in [5, 5.41) is 10.2. The SMILES string of the molecule is CCC(C=CC(C)C1CCC2C3=CCC4CC(O)CCC4(C)C3=CCC21C)C(C)C. The van der Waals surface area contributed by atoms with Crippen LogP contribution < -0.4 is 0 Å². The van der Waals surface area contributed by atoms with Crippen molar-refractivity contribution in [3.8, 4) is 0 Å². The van der Waals surface area contributed by atoms with Crippen LogP contribution in [0.4, 0.5) is 0 Å². The minimum atomic E-state index is -0.0752. The van der Waals surface area contributed by atoms with E-state index in [9.17, 15) is 5.11 Å². The molecule has 0 saturated heterocycles. The number of fused-ring (bicyclic) bond motifs is 5. The maximum Gasteiger partial charge on any atom is 0.0543 e. The van der Waals surface area contributed by atoms with E-state index in [4.69, 9.17) is 0 Å². The Hall–Kier alpha value is -0.820. The predicted molar refractivity (Wildman–Crippen MR) is 128 cm³/mol. The van der Waals surface area contributed by atoms with E-state index >= 15 is 0 Å². The van der Waals surface area contributed by atoms with Gasteiger partial charge in [-0.2, -0.15) is 0 Å². The molecule has 2 fully saturated rings. The largest absolute Gasteiger partial charge is 0.393 e. The standard InChI is InChI=1S/C29H46O/c1-7-21(19(2)3)9-8-20(4)25-12-13-26-24-11-10-22-18-23(30)14-16-28(22,5)27(24)15-17-29(25,26)6/h8-9,11,15,19-23,25-26,30H,7,10,12-14,16-18H2,1-6H3. The van der Waals surface area contributed by atoms with Gasteiger partial charge in [0.2, 0.25) is 0 Å². The maximum absolute atomic E-state index is 10.2. The highest BCUT2D eigenvalue weighted by Gasteiger charge is 2.55. The Morgan fingerprint density at radius 3 is 2.57 bits per heavy atom. The van der Waals surface area contributed by atoms with E-state index in [0.29, 0.717) is 22.7 Å². The average Bonchev–Trinajstić information content (AvgIpc) is 3.06. The van der Waals surface area contributed by atoms with Gasteiger partial charge in [-0.25, -0.2) is 0 Å². The van der Waals surface area contributed by atoms with Gasteiger partial charge >= 0.3 is 0 Å². The first kappa shape index (κ1) is 22.4. The van der Waals surface area contributed by atoms with Crippen LogP contribution in [0.2, 0.25) is 0 Å². The van der Waals surface area contributed by atoms with Crippen LogP contribution in [0.3, 0.4) is 0 Å². The highest BCUT2D eigenvalue weighted by Crippen LogP contribution is 2.64. The fourth-order valence-corrected chi connectivity index (χ4v) is 8.01. The van der Waals surface area contributed by atoms with Gasteiger partial charge in [-0.05, 0) is 109 Å². The topological polar surface area (TPSA) is 20.2 Å². The minimum absolute atomic E-state index is 0.0752. The lowest BCUT2D eigenvalue weighted by atomic mass is 9.51. The zero-order chi connectivity index (χ0) is 21.7. The minimum Gasteiger partial charge on any atom is -0.393 e. The van der Waals surface area contributed by atoms with E-state index in [1.54, 1.807) is 11.1 Å². The van der Waals surface area contributed by atoms with Gasteiger partial charge in [0.15, 0.2) is 0 Å². The summed E-state index contributed by atoms with van der Waals surface area (Å²) in [5.41, 5.74) is 4.12. The molecule has 0 heterocycles. The molecule has 8 atom stereocenters. The van der Waals surface area contributed by atoms with Gasteiger partial charge in [-0.1, -0.05) is 65.8 Å². The summed E-state index contributed by atoms with van der Waals surface area (Å²) in [5.74, 6) is 4.30. The fraction of sp³-hybridized carbons (Fsp3) is 0.793. The molecule has 0 spiro atoms. The molecule has 0 aliphatic heterocycles. The Bertz CT molecular complexity index is 727. The van der Waals surface area contributed by atoms with Gasteiger partial charge in [0.25, 0.3) is 0 Å². The molecule has 8 unspecified atom stereocenters. The van der Waals surface area contributed by atoms with E-state index in [-0.39, 0.29) is 6.10 Å². The van der Waals surface area contributed by atoms with E-state index in [0.717, 1.165) is 36.5 Å². The molecular weight excluding hydrogens is 364 g/mol. The van der Waals surface area contributed by atoms with Crippen molar-refractivity contribution in [1.82, 2.24) is 0 Å². The molecule has 1 heteroatoms. The molecule has 0 amide bonds. The van der Waals surface area contributed by atoms with Gasteiger partial charge in [0, 0.05) is 0 Å². The molecule has 0 bridgehead atoms. The average molecular weight is 411 g/mol. The molecule has 2 saturated carbocycles. The highest BCUT2D eigenvalue weighted by molar-refractivity contribution is 5.46. The van der Waals surface area contributed by atoms with Crippen LogP contribution in [0.25, 0.3) is 0 Å². The molecule has 30 heavy (non-hydrogen) atoms. The number of hydrogen-bond donors (Lipinski definition) is 1. The summed E-state index contributed by atoms with van der Waals surface area (Å²) in [6.45, 7) is 14.6. The zero-order valence-corrected chi connectivity index (χ0v) is 20.5. The quantitative estimate of drug-likeness (QED) is 0.460. The van der Waals surface area contributed by atoms with Crippen LogP contribution in [0.5, 0.6) is 0 Å². The first-order valence-corrected chi connectivity index (χ1v) is 13.0. The molecule has 4 aliphatic carbocycles. The lowest BCUT2D eigenvalue weighted by molar-refractivity contribution is 0.0315. The van der Waals surface area contributed by atoms with Gasteiger partial charge in [0.05, 0.1) is 6.10 Å². The Morgan fingerprint density at radius 1 is 1.10 bits per heavy atom. The number of hydrogen-bond acceptors (Lipinski definition) is 1. The second-order valence-electron chi connectivity index (χ2n) is 12.1. The van der Waals surface area contributed by atoms with Crippen molar-refractivity contribution < 1.29 is 5.11 Å². The van der Waals surface area contributed by atoms with Crippen molar-refractivity contribution in [1.29, 1.82) is 0 Å². The normalized spacial score (nSPS) is 42.9. The molecule has 0 aromatic heterocycles. The summed E-state index contributed by atoms with van der Waals surface area (Å²) >= 11 is 0. The summed E-state index contributed by atoms with van der Waals surface area (Å²) in [7, 11) is 0. The Balaban J connectivity index is 1.57. The van der Waals surface area contributed by atoms with Crippen molar-refractivity contribution in [3.63, 3.8) is 0 Å². The maximum atomic E-state index is 10.2. The number of allylic oxidation sites excluding steroid dienone is 6. The number of aliphatic hydroxyl groups is 1. The molecule has 168 valence electrons. The lowest BCUT2D eigenvalue weighted by Gasteiger charge is -2.53. The molecule has 0 aromatic carbocycles. The molecular formula is C29H46O. The molecule has 1 nitrogen and oxygen atoms in total. The molecule has 4 aliphatic rings. The summed E-state index contributed by atoms with van der Waals surface area (Å²) in [4.78, 5) is 0. The zero-order valence-electron chi connectivity index (χ0n) is 20.5. The third-order valence-electron chi connectivity index (χ3n) is 10.2. The second kappa shape index (κ2) is 8.27. The van der Waals surface area contributed by atoms with Crippen LogP contribution >= 0.6 is 0 Å². The van der Waals surface area contributed by atoms with Gasteiger partial charge in [-0.3, -0.25) is 0 Å². The molecule has 4 rings (SSSR count). The Labute approximate surface area is 186 Å². The van der Waals surface area contributed by atoms with E-state index < -0.39 is 0 Å². The fourth-order valence-electron chi connectivity index (χ4n) is 8.01. The van der Waals surface area contributed by atoms with E-state index in [2.05, 4.69) is 65.8 Å². The summed E-state index contributed by atoms with van der Waals surface area (Å²) in [6.07, 6.45) is 19.9. The van der Waals surface area contributed by atoms with Crippen molar-refractivity contribution in [2.45, 2.75) is 99.0 Å². The Kier molecular flexibility index (Phi) is 6.17. The number of rotatable bonds is 5. The van der Waals surface area contributed by atoms with Gasteiger partial charge < -0.3 is 5.11 Å². The van der Waals surface area contributed by atoms with Crippen molar-refractivity contribution >= 4 is 0 Å². The first-order chi connectivity index (χ1) is 14.2. The van der Waals surface area contributed by atoms with Crippen molar-refractivity contribution in [2.75, 3.05) is 0 Å². The van der Waals surface area contributed by atoms with Crippen molar-refractivity contribution in [2.24, 2.45) is 46.3 Å². The number of aliphatic hydroxyl groups excluding tert-OH is 1. The van der Waals surface area contributed by atoms with Crippen LogP contribution in [0, 0.1) is 46.3 Å². The second-order valence-corrected chi connectivity index (χ2v) is 12.1. The molecule has 0 aromatic rings. The smallest absolute Gasteiger partial charge is 0.0543 e. The third-order valence-corrected chi connectivity index (χ3v) is 10.2. The van der Waals surface area contributed by atoms with Crippen LogP contribution in [-0.4, -0.2) is 11.2 Å². The van der Waals surface area contributed by atoms with Gasteiger partial charge in [0.1, 0.15) is 0 Å².